The van der Waals surface area contributed by atoms with Gasteiger partial charge in [-0.3, -0.25) is 0 Å². The molecule has 16 heavy (non-hydrogen) atoms. The van der Waals surface area contributed by atoms with Crippen molar-refractivity contribution in [3.05, 3.63) is 29.3 Å². The van der Waals surface area contributed by atoms with Crippen molar-refractivity contribution in [3.8, 4) is 5.75 Å². The summed E-state index contributed by atoms with van der Waals surface area (Å²) in [6, 6.07) is 5.84. The molecule has 0 atom stereocenters. The van der Waals surface area contributed by atoms with E-state index in [1.54, 1.807) is 6.07 Å². The van der Waals surface area contributed by atoms with Gasteiger partial charge in [0.1, 0.15) is 5.75 Å². The van der Waals surface area contributed by atoms with E-state index < -0.39 is 0 Å². The van der Waals surface area contributed by atoms with Gasteiger partial charge in [0.05, 0.1) is 0 Å². The van der Waals surface area contributed by atoms with Crippen LogP contribution in [0.15, 0.2) is 18.2 Å². The van der Waals surface area contributed by atoms with E-state index in [4.69, 9.17) is 0 Å². The quantitative estimate of drug-likeness (QED) is 0.720. The largest absolute Gasteiger partial charge is 0.508 e. The van der Waals surface area contributed by atoms with Crippen LogP contribution in [0.25, 0.3) is 0 Å². The van der Waals surface area contributed by atoms with Gasteiger partial charge in [-0.2, -0.15) is 11.8 Å². The first kappa shape index (κ1) is 13.4. The summed E-state index contributed by atoms with van der Waals surface area (Å²) in [5.74, 6) is 2.92. The Labute approximate surface area is 103 Å². The number of phenolic OH excluding ortho intramolecular Hbond substituents is 1. The Morgan fingerprint density at radius 1 is 1.19 bits per heavy atom. The summed E-state index contributed by atoms with van der Waals surface area (Å²) in [4.78, 5) is 0. The van der Waals surface area contributed by atoms with E-state index in [-0.39, 0.29) is 0 Å². The number of aromatic hydroxyl groups is 1. The third-order valence-electron chi connectivity index (χ3n) is 2.61. The van der Waals surface area contributed by atoms with E-state index >= 15 is 0 Å². The van der Waals surface area contributed by atoms with E-state index in [1.165, 1.54) is 29.9 Å². The maximum Gasteiger partial charge on any atom is 0.118 e. The number of aryl methyl sites for hydroxylation is 2. The molecule has 0 saturated carbocycles. The highest BCUT2D eigenvalue weighted by molar-refractivity contribution is 7.99. The van der Waals surface area contributed by atoms with Gasteiger partial charge in [-0.25, -0.2) is 0 Å². The highest BCUT2D eigenvalue weighted by Gasteiger charge is 2.00. The van der Waals surface area contributed by atoms with E-state index in [2.05, 4.69) is 19.9 Å². The lowest BCUT2D eigenvalue weighted by molar-refractivity contribution is 0.467. The van der Waals surface area contributed by atoms with Crippen LogP contribution < -0.4 is 0 Å². The Balaban J connectivity index is 2.23. The summed E-state index contributed by atoms with van der Waals surface area (Å²) >= 11 is 2.03. The van der Waals surface area contributed by atoms with Crippen molar-refractivity contribution < 1.29 is 5.11 Å². The molecule has 2 heteroatoms. The lowest BCUT2D eigenvalue weighted by atomic mass is 10.1. The summed E-state index contributed by atoms with van der Waals surface area (Å²) in [6.07, 6.45) is 4.75. The zero-order chi connectivity index (χ0) is 11.8. The number of rotatable bonds is 7. The number of phenols is 1. The second-order valence-electron chi connectivity index (χ2n) is 4.20. The average Bonchev–Trinajstić information content (AvgIpc) is 2.28. The summed E-state index contributed by atoms with van der Waals surface area (Å²) in [5, 5.41) is 9.67. The highest BCUT2D eigenvalue weighted by Crippen LogP contribution is 2.20. The third-order valence-corrected chi connectivity index (χ3v) is 3.77. The average molecular weight is 238 g/mol. The lowest BCUT2D eigenvalue weighted by Crippen LogP contribution is -1.90. The molecule has 0 radical (unpaired) electrons. The van der Waals surface area contributed by atoms with Crippen LogP contribution in [0.1, 0.15) is 37.3 Å². The highest BCUT2D eigenvalue weighted by atomic mass is 32.2. The zero-order valence-corrected chi connectivity index (χ0v) is 11.1. The standard InChI is InChI=1S/C14H22OS/c1-3-4-9-16-10-5-6-13-11-12(2)7-8-14(13)15/h7-8,11,15H,3-6,9-10H2,1-2H3. The van der Waals surface area contributed by atoms with Crippen molar-refractivity contribution >= 4 is 11.8 Å². The van der Waals surface area contributed by atoms with Crippen molar-refractivity contribution in [2.45, 2.75) is 39.5 Å². The van der Waals surface area contributed by atoms with Crippen LogP contribution in [0.4, 0.5) is 0 Å². The van der Waals surface area contributed by atoms with E-state index in [0.29, 0.717) is 5.75 Å². The first-order valence-corrected chi connectivity index (χ1v) is 7.25. The second-order valence-corrected chi connectivity index (χ2v) is 5.43. The Morgan fingerprint density at radius 2 is 1.94 bits per heavy atom. The molecule has 0 aromatic heterocycles. The van der Waals surface area contributed by atoms with Crippen molar-refractivity contribution in [1.29, 1.82) is 0 Å². The summed E-state index contributed by atoms with van der Waals surface area (Å²) in [7, 11) is 0. The van der Waals surface area contributed by atoms with Gasteiger partial charge in [0, 0.05) is 0 Å². The van der Waals surface area contributed by atoms with Crippen LogP contribution in [-0.2, 0) is 6.42 Å². The maximum absolute atomic E-state index is 9.67. The molecule has 1 rings (SSSR count). The van der Waals surface area contributed by atoms with Crippen molar-refractivity contribution in [3.63, 3.8) is 0 Å². The third kappa shape index (κ3) is 4.93. The van der Waals surface area contributed by atoms with Gasteiger partial charge in [-0.15, -0.1) is 0 Å². The number of hydrogen-bond donors (Lipinski definition) is 1. The number of unbranched alkanes of at least 4 members (excludes halogenated alkanes) is 1. The van der Waals surface area contributed by atoms with Crippen molar-refractivity contribution in [2.75, 3.05) is 11.5 Å². The van der Waals surface area contributed by atoms with E-state index in [0.717, 1.165) is 18.4 Å². The van der Waals surface area contributed by atoms with Gasteiger partial charge in [0.2, 0.25) is 0 Å². The molecule has 0 amide bonds. The minimum absolute atomic E-state index is 0.448. The zero-order valence-electron chi connectivity index (χ0n) is 10.3. The maximum atomic E-state index is 9.67. The normalized spacial score (nSPS) is 10.6. The Bertz CT molecular complexity index is 310. The second kappa shape index (κ2) is 7.61. The van der Waals surface area contributed by atoms with Gasteiger partial charge in [-0.1, -0.05) is 31.0 Å². The van der Waals surface area contributed by atoms with E-state index in [1.807, 2.05) is 17.8 Å². The fourth-order valence-corrected chi connectivity index (χ4v) is 2.67. The molecule has 90 valence electrons. The summed E-state index contributed by atoms with van der Waals surface area (Å²) in [5.41, 5.74) is 2.32. The van der Waals surface area contributed by atoms with Crippen LogP contribution in [0.2, 0.25) is 0 Å². The molecule has 0 aliphatic rings. The predicted molar refractivity (Wildman–Crippen MR) is 73.4 cm³/mol. The number of benzene rings is 1. The van der Waals surface area contributed by atoms with Crippen LogP contribution >= 0.6 is 11.8 Å². The topological polar surface area (TPSA) is 20.2 Å². The van der Waals surface area contributed by atoms with Crippen LogP contribution in [0.5, 0.6) is 5.75 Å². The molecule has 0 bridgehead atoms. The molecule has 0 aliphatic heterocycles. The molecule has 1 N–H and O–H groups in total. The molecule has 1 aromatic carbocycles. The Morgan fingerprint density at radius 3 is 2.69 bits per heavy atom. The molecule has 0 heterocycles. The number of hydrogen-bond acceptors (Lipinski definition) is 2. The summed E-state index contributed by atoms with van der Waals surface area (Å²) < 4.78 is 0. The molecule has 0 fully saturated rings. The summed E-state index contributed by atoms with van der Waals surface area (Å²) in [6.45, 7) is 4.30. The van der Waals surface area contributed by atoms with Crippen molar-refractivity contribution in [1.82, 2.24) is 0 Å². The fraction of sp³-hybridized carbons (Fsp3) is 0.571. The Kier molecular flexibility index (Phi) is 6.39. The minimum atomic E-state index is 0.448. The number of thioether (sulfide) groups is 1. The minimum Gasteiger partial charge on any atom is -0.508 e. The molecule has 1 aromatic rings. The van der Waals surface area contributed by atoms with Crippen LogP contribution in [0.3, 0.4) is 0 Å². The van der Waals surface area contributed by atoms with Crippen LogP contribution in [-0.4, -0.2) is 16.6 Å². The molecule has 0 saturated heterocycles. The first-order chi connectivity index (χ1) is 7.74. The fourth-order valence-electron chi connectivity index (χ4n) is 1.63. The molecular weight excluding hydrogens is 216 g/mol. The predicted octanol–water partition coefficient (Wildman–Crippen LogP) is 4.17. The van der Waals surface area contributed by atoms with Crippen LogP contribution in [0, 0.1) is 6.92 Å². The smallest absolute Gasteiger partial charge is 0.118 e. The molecule has 0 aliphatic carbocycles. The monoisotopic (exact) mass is 238 g/mol. The molecular formula is C14H22OS. The van der Waals surface area contributed by atoms with Gasteiger partial charge in [0.15, 0.2) is 0 Å². The molecule has 0 spiro atoms. The van der Waals surface area contributed by atoms with Gasteiger partial charge in [0.25, 0.3) is 0 Å². The van der Waals surface area contributed by atoms with Gasteiger partial charge < -0.3 is 5.11 Å². The van der Waals surface area contributed by atoms with Gasteiger partial charge >= 0.3 is 0 Å². The van der Waals surface area contributed by atoms with E-state index in [9.17, 15) is 5.11 Å². The van der Waals surface area contributed by atoms with Gasteiger partial charge in [-0.05, 0) is 49.3 Å². The first-order valence-electron chi connectivity index (χ1n) is 6.10. The molecule has 0 unspecified atom stereocenters. The van der Waals surface area contributed by atoms with Crippen molar-refractivity contribution in [2.24, 2.45) is 0 Å². The SMILES string of the molecule is CCCCSCCCc1cc(C)ccc1O. The molecule has 1 nitrogen and oxygen atoms in total. The lowest BCUT2D eigenvalue weighted by Gasteiger charge is -2.05. The Hall–Kier alpha value is -0.630.